The van der Waals surface area contributed by atoms with Crippen LogP contribution in [-0.2, 0) is 9.59 Å². The van der Waals surface area contributed by atoms with Crippen molar-refractivity contribution >= 4 is 44.7 Å². The number of para-hydroxylation sites is 1. The van der Waals surface area contributed by atoms with Crippen LogP contribution in [0.1, 0.15) is 11.1 Å². The SMILES string of the molecule is Cc1ccc(C2=C(Nc3cccc(Br)c3)C(=O)N(c3ccccc3)C2=O)cc1. The van der Waals surface area contributed by atoms with E-state index in [-0.39, 0.29) is 17.5 Å². The highest BCUT2D eigenvalue weighted by Crippen LogP contribution is 2.34. The molecule has 0 bridgehead atoms. The van der Waals surface area contributed by atoms with Crippen LogP contribution in [0.5, 0.6) is 0 Å². The van der Waals surface area contributed by atoms with Crippen LogP contribution in [0, 0.1) is 6.92 Å². The van der Waals surface area contributed by atoms with Gasteiger partial charge in [0, 0.05) is 10.2 Å². The highest BCUT2D eigenvalue weighted by Gasteiger charge is 2.40. The summed E-state index contributed by atoms with van der Waals surface area (Å²) in [5.74, 6) is -0.704. The predicted octanol–water partition coefficient (Wildman–Crippen LogP) is 5.15. The summed E-state index contributed by atoms with van der Waals surface area (Å²) in [4.78, 5) is 27.7. The second-order valence-electron chi connectivity index (χ2n) is 6.53. The molecule has 3 aromatic carbocycles. The monoisotopic (exact) mass is 432 g/mol. The summed E-state index contributed by atoms with van der Waals surface area (Å²) in [5, 5.41) is 3.16. The van der Waals surface area contributed by atoms with Crippen molar-refractivity contribution in [1.82, 2.24) is 0 Å². The second kappa shape index (κ2) is 7.44. The number of amides is 2. The number of halogens is 1. The van der Waals surface area contributed by atoms with Crippen LogP contribution in [-0.4, -0.2) is 11.8 Å². The summed E-state index contributed by atoms with van der Waals surface area (Å²) in [5.41, 5.74) is 3.71. The maximum atomic E-state index is 13.3. The Bertz CT molecular complexity index is 1090. The first-order valence-electron chi connectivity index (χ1n) is 8.82. The Morgan fingerprint density at radius 2 is 1.54 bits per heavy atom. The van der Waals surface area contributed by atoms with Gasteiger partial charge in [-0.1, -0.05) is 70.0 Å². The lowest BCUT2D eigenvalue weighted by Crippen LogP contribution is -2.32. The third kappa shape index (κ3) is 3.37. The number of rotatable bonds is 4. The molecule has 4 nitrogen and oxygen atoms in total. The van der Waals surface area contributed by atoms with Gasteiger partial charge in [0.05, 0.1) is 11.3 Å². The van der Waals surface area contributed by atoms with Crippen LogP contribution in [0.15, 0.2) is 89.0 Å². The number of nitrogens with zero attached hydrogens (tertiary/aromatic N) is 1. The molecular formula is C23H17BrN2O2. The quantitative estimate of drug-likeness (QED) is 0.579. The first kappa shape index (κ1) is 18.2. The molecule has 1 heterocycles. The van der Waals surface area contributed by atoms with Gasteiger partial charge in [-0.05, 0) is 42.8 Å². The van der Waals surface area contributed by atoms with Gasteiger partial charge in [0.15, 0.2) is 0 Å². The molecule has 0 saturated carbocycles. The Hall–Kier alpha value is -3.18. The lowest BCUT2D eigenvalue weighted by atomic mass is 10.0. The van der Waals surface area contributed by atoms with E-state index in [0.717, 1.165) is 15.7 Å². The summed E-state index contributed by atoms with van der Waals surface area (Å²) in [6.45, 7) is 1.98. The van der Waals surface area contributed by atoms with Crippen LogP contribution in [0.3, 0.4) is 0 Å². The summed E-state index contributed by atoms with van der Waals surface area (Å²) in [6.07, 6.45) is 0. The van der Waals surface area contributed by atoms with Crippen LogP contribution < -0.4 is 10.2 Å². The van der Waals surface area contributed by atoms with Crippen molar-refractivity contribution in [3.05, 3.63) is 100 Å². The van der Waals surface area contributed by atoms with Gasteiger partial charge in [0.2, 0.25) is 0 Å². The van der Waals surface area contributed by atoms with Gasteiger partial charge in [-0.2, -0.15) is 0 Å². The Morgan fingerprint density at radius 3 is 2.21 bits per heavy atom. The first-order chi connectivity index (χ1) is 13.5. The fourth-order valence-corrected chi connectivity index (χ4v) is 3.56. The van der Waals surface area contributed by atoms with Crippen molar-refractivity contribution < 1.29 is 9.59 Å². The van der Waals surface area contributed by atoms with Gasteiger partial charge in [0.25, 0.3) is 11.8 Å². The van der Waals surface area contributed by atoms with Gasteiger partial charge >= 0.3 is 0 Å². The number of hydrogen-bond donors (Lipinski definition) is 1. The minimum absolute atomic E-state index is 0.274. The van der Waals surface area contributed by atoms with Crippen molar-refractivity contribution in [2.75, 3.05) is 10.2 Å². The lowest BCUT2D eigenvalue weighted by Gasteiger charge is -2.15. The molecule has 0 radical (unpaired) electrons. The Kier molecular flexibility index (Phi) is 4.84. The standard InChI is InChI=1S/C23H17BrN2O2/c1-15-10-12-16(13-11-15)20-21(25-18-7-5-6-17(24)14-18)23(28)26(22(20)27)19-8-3-2-4-9-19/h2-14,25H,1H3. The zero-order valence-electron chi connectivity index (χ0n) is 15.1. The highest BCUT2D eigenvalue weighted by molar-refractivity contribution is 9.10. The van der Waals surface area contributed by atoms with E-state index in [9.17, 15) is 9.59 Å². The number of anilines is 2. The third-order valence-corrected chi connectivity index (χ3v) is 5.03. The number of nitrogens with one attached hydrogen (secondary N) is 1. The molecule has 4 rings (SSSR count). The fourth-order valence-electron chi connectivity index (χ4n) is 3.16. The number of carbonyl (C=O) groups excluding carboxylic acids is 2. The van der Waals surface area contributed by atoms with Gasteiger partial charge in [0.1, 0.15) is 5.70 Å². The van der Waals surface area contributed by atoms with Gasteiger partial charge in [-0.3, -0.25) is 9.59 Å². The largest absolute Gasteiger partial charge is 0.350 e. The number of carbonyl (C=O) groups is 2. The molecule has 2 amide bonds. The van der Waals surface area contributed by atoms with E-state index in [1.807, 2.05) is 61.5 Å². The second-order valence-corrected chi connectivity index (χ2v) is 7.45. The van der Waals surface area contributed by atoms with Gasteiger partial charge in [-0.15, -0.1) is 0 Å². The normalized spacial score (nSPS) is 14.0. The van der Waals surface area contributed by atoms with Crippen molar-refractivity contribution in [2.24, 2.45) is 0 Å². The maximum Gasteiger partial charge on any atom is 0.282 e. The van der Waals surface area contributed by atoms with E-state index in [4.69, 9.17) is 0 Å². The summed E-state index contributed by atoms with van der Waals surface area (Å²) >= 11 is 3.44. The van der Waals surface area contributed by atoms with Crippen LogP contribution in [0.4, 0.5) is 11.4 Å². The van der Waals surface area contributed by atoms with Gasteiger partial charge < -0.3 is 5.32 Å². The van der Waals surface area contributed by atoms with E-state index >= 15 is 0 Å². The molecule has 0 fully saturated rings. The van der Waals surface area contributed by atoms with E-state index in [1.165, 1.54) is 4.90 Å². The third-order valence-electron chi connectivity index (χ3n) is 4.53. The number of aryl methyl sites for hydroxylation is 1. The molecule has 0 atom stereocenters. The Labute approximate surface area is 171 Å². The summed E-state index contributed by atoms with van der Waals surface area (Å²) in [6, 6.07) is 24.1. The average Bonchev–Trinajstić information content (AvgIpc) is 2.93. The lowest BCUT2D eigenvalue weighted by molar-refractivity contribution is -0.120. The van der Waals surface area contributed by atoms with Crippen molar-refractivity contribution in [3.8, 4) is 0 Å². The molecule has 0 aliphatic carbocycles. The van der Waals surface area contributed by atoms with E-state index in [2.05, 4.69) is 21.2 Å². The minimum atomic E-state index is -0.369. The van der Waals surface area contributed by atoms with E-state index in [0.29, 0.717) is 16.8 Å². The van der Waals surface area contributed by atoms with Crippen molar-refractivity contribution in [3.63, 3.8) is 0 Å². The summed E-state index contributed by atoms with van der Waals surface area (Å²) in [7, 11) is 0. The Morgan fingerprint density at radius 1 is 0.821 bits per heavy atom. The highest BCUT2D eigenvalue weighted by atomic mass is 79.9. The van der Waals surface area contributed by atoms with Crippen molar-refractivity contribution in [2.45, 2.75) is 6.92 Å². The molecule has 1 aliphatic heterocycles. The van der Waals surface area contributed by atoms with Crippen molar-refractivity contribution in [1.29, 1.82) is 0 Å². The molecule has 3 aromatic rings. The number of imide groups is 1. The molecule has 0 saturated heterocycles. The van der Waals surface area contributed by atoms with E-state index < -0.39 is 0 Å². The predicted molar refractivity (Wildman–Crippen MR) is 115 cm³/mol. The van der Waals surface area contributed by atoms with Crippen LogP contribution >= 0.6 is 15.9 Å². The molecule has 0 spiro atoms. The zero-order valence-corrected chi connectivity index (χ0v) is 16.7. The fraction of sp³-hybridized carbons (Fsp3) is 0.0435. The molecule has 138 valence electrons. The molecule has 0 unspecified atom stereocenters. The number of benzene rings is 3. The smallest absolute Gasteiger partial charge is 0.282 e. The molecular weight excluding hydrogens is 416 g/mol. The van der Waals surface area contributed by atoms with Crippen LogP contribution in [0.2, 0.25) is 0 Å². The molecule has 28 heavy (non-hydrogen) atoms. The summed E-state index contributed by atoms with van der Waals surface area (Å²) < 4.78 is 0.881. The minimum Gasteiger partial charge on any atom is -0.350 e. The molecule has 1 N–H and O–H groups in total. The topological polar surface area (TPSA) is 49.4 Å². The molecule has 0 aromatic heterocycles. The first-order valence-corrected chi connectivity index (χ1v) is 9.61. The van der Waals surface area contributed by atoms with E-state index in [1.54, 1.807) is 24.3 Å². The average molecular weight is 433 g/mol. The zero-order chi connectivity index (χ0) is 19.7. The van der Waals surface area contributed by atoms with Gasteiger partial charge in [-0.25, -0.2) is 4.90 Å². The maximum absolute atomic E-state index is 13.3. The van der Waals surface area contributed by atoms with Crippen LogP contribution in [0.25, 0.3) is 5.57 Å². The number of hydrogen-bond acceptors (Lipinski definition) is 3. The molecule has 1 aliphatic rings. The Balaban J connectivity index is 1.83. The molecule has 5 heteroatoms.